The van der Waals surface area contributed by atoms with Crippen LogP contribution in [0.25, 0.3) is 0 Å². The number of carbonyl (C=O) groups is 2. The Labute approximate surface area is 108 Å². The van der Waals surface area contributed by atoms with Gasteiger partial charge in [-0.15, -0.1) is 0 Å². The number of hydrogen-bond donors (Lipinski definition) is 1. The molecule has 1 N–H and O–H groups in total. The maximum atomic E-state index is 12.2. The van der Waals surface area contributed by atoms with Gasteiger partial charge in [0.05, 0.1) is 18.4 Å². The van der Waals surface area contributed by atoms with Gasteiger partial charge in [0.1, 0.15) is 0 Å². The van der Waals surface area contributed by atoms with E-state index in [2.05, 4.69) is 0 Å². The van der Waals surface area contributed by atoms with Gasteiger partial charge < -0.3 is 10.0 Å². The summed E-state index contributed by atoms with van der Waals surface area (Å²) in [7, 11) is 0. The highest BCUT2D eigenvalue weighted by molar-refractivity contribution is 5.89. The number of nitrogens with zero attached hydrogens (tertiary/aromatic N) is 2. The normalized spacial score (nSPS) is 28.3. The molecule has 0 aromatic heterocycles. The van der Waals surface area contributed by atoms with Gasteiger partial charge in [-0.3, -0.25) is 14.5 Å². The first-order valence-corrected chi connectivity index (χ1v) is 6.08. The summed E-state index contributed by atoms with van der Waals surface area (Å²) in [6.45, 7) is -0.142. The lowest BCUT2D eigenvalue weighted by Gasteiger charge is -2.35. The summed E-state index contributed by atoms with van der Waals surface area (Å²) in [5, 5.41) is 8.74. The number of amides is 1. The molecule has 1 aliphatic carbocycles. The summed E-state index contributed by atoms with van der Waals surface area (Å²) in [5.41, 5.74) is 0. The number of carboxylic acid groups (broad SMARTS) is 1. The fourth-order valence-electron chi connectivity index (χ4n) is 2.36. The molecular weight excluding hydrogens is 265 g/mol. The Morgan fingerprint density at radius 3 is 2.11 bits per heavy atom. The molecule has 2 rings (SSSR count). The highest BCUT2D eigenvalue weighted by atomic mass is 19.4. The van der Waals surface area contributed by atoms with E-state index in [4.69, 9.17) is 5.11 Å². The lowest BCUT2D eigenvalue weighted by atomic mass is 10.2. The summed E-state index contributed by atoms with van der Waals surface area (Å²) < 4.78 is 36.6. The van der Waals surface area contributed by atoms with Crippen molar-refractivity contribution < 1.29 is 27.9 Å². The van der Waals surface area contributed by atoms with Crippen LogP contribution < -0.4 is 0 Å². The zero-order valence-corrected chi connectivity index (χ0v) is 10.2. The molecule has 1 saturated heterocycles. The van der Waals surface area contributed by atoms with Gasteiger partial charge in [0.15, 0.2) is 0 Å². The number of halogens is 3. The molecule has 0 aromatic carbocycles. The summed E-state index contributed by atoms with van der Waals surface area (Å²) in [4.78, 5) is 25.3. The maximum absolute atomic E-state index is 12.2. The van der Waals surface area contributed by atoms with Crippen molar-refractivity contribution in [3.05, 3.63) is 0 Å². The standard InChI is InChI=1S/C11H15F3N2O3/c12-11(13,14)6-15-1-3-16(4-2-15)9(17)7-5-8(7)10(18)19/h7-8H,1-6H2,(H,18,19)/t7-,8+/m1/s1. The van der Waals surface area contributed by atoms with Gasteiger partial charge in [-0.2, -0.15) is 13.2 Å². The molecule has 2 fully saturated rings. The van der Waals surface area contributed by atoms with Crippen molar-refractivity contribution in [2.75, 3.05) is 32.7 Å². The molecule has 0 bridgehead atoms. The van der Waals surface area contributed by atoms with Gasteiger partial charge in [0, 0.05) is 26.2 Å². The smallest absolute Gasteiger partial charge is 0.401 e. The van der Waals surface area contributed by atoms with Crippen LogP contribution in [-0.4, -0.2) is 65.7 Å². The van der Waals surface area contributed by atoms with E-state index in [1.807, 2.05) is 0 Å². The van der Waals surface area contributed by atoms with Crippen LogP contribution in [0, 0.1) is 11.8 Å². The van der Waals surface area contributed by atoms with E-state index < -0.39 is 30.5 Å². The minimum absolute atomic E-state index is 0.176. The van der Waals surface area contributed by atoms with Gasteiger partial charge in [-0.1, -0.05) is 0 Å². The van der Waals surface area contributed by atoms with Crippen molar-refractivity contribution in [3.63, 3.8) is 0 Å². The number of alkyl halides is 3. The largest absolute Gasteiger partial charge is 0.481 e. The zero-order chi connectivity index (χ0) is 14.2. The Hall–Kier alpha value is -1.31. The molecule has 5 nitrogen and oxygen atoms in total. The molecule has 19 heavy (non-hydrogen) atoms. The predicted molar refractivity (Wildman–Crippen MR) is 58.3 cm³/mol. The minimum atomic E-state index is -4.23. The Morgan fingerprint density at radius 1 is 1.11 bits per heavy atom. The topological polar surface area (TPSA) is 60.9 Å². The van der Waals surface area contributed by atoms with E-state index in [0.29, 0.717) is 6.42 Å². The van der Waals surface area contributed by atoms with Gasteiger partial charge in [-0.25, -0.2) is 0 Å². The molecule has 0 unspecified atom stereocenters. The second-order valence-corrected chi connectivity index (χ2v) is 5.00. The van der Waals surface area contributed by atoms with E-state index in [1.54, 1.807) is 0 Å². The third-order valence-corrected chi connectivity index (χ3v) is 3.51. The molecule has 8 heteroatoms. The monoisotopic (exact) mass is 280 g/mol. The molecule has 1 aliphatic heterocycles. The predicted octanol–water partition coefficient (Wildman–Crippen LogP) is 0.414. The second kappa shape index (κ2) is 4.99. The SMILES string of the molecule is O=C(O)[C@H]1C[C@H]1C(=O)N1CCN(CC(F)(F)F)CC1. The first-order chi connectivity index (χ1) is 8.78. The van der Waals surface area contributed by atoms with Crippen molar-refractivity contribution in [1.82, 2.24) is 9.80 Å². The van der Waals surface area contributed by atoms with Crippen LogP contribution >= 0.6 is 0 Å². The molecule has 1 heterocycles. The van der Waals surface area contributed by atoms with Crippen LogP contribution in [0.3, 0.4) is 0 Å². The van der Waals surface area contributed by atoms with Crippen molar-refractivity contribution in [2.45, 2.75) is 12.6 Å². The van der Waals surface area contributed by atoms with Crippen LogP contribution in [0.4, 0.5) is 13.2 Å². The highest BCUT2D eigenvalue weighted by Crippen LogP contribution is 2.40. The fourth-order valence-corrected chi connectivity index (χ4v) is 2.36. The molecular formula is C11H15F3N2O3. The third kappa shape index (κ3) is 3.59. The van der Waals surface area contributed by atoms with E-state index in [9.17, 15) is 22.8 Å². The van der Waals surface area contributed by atoms with E-state index in [-0.39, 0.29) is 32.1 Å². The Bertz CT molecular complexity index is 378. The van der Waals surface area contributed by atoms with Crippen molar-refractivity contribution in [3.8, 4) is 0 Å². The second-order valence-electron chi connectivity index (χ2n) is 5.00. The summed E-state index contributed by atoms with van der Waals surface area (Å²) >= 11 is 0. The van der Waals surface area contributed by atoms with Crippen LogP contribution in [0.5, 0.6) is 0 Å². The van der Waals surface area contributed by atoms with Crippen LogP contribution in [0.1, 0.15) is 6.42 Å². The molecule has 0 aromatic rings. The maximum Gasteiger partial charge on any atom is 0.401 e. The molecule has 108 valence electrons. The van der Waals surface area contributed by atoms with Gasteiger partial charge in [0.25, 0.3) is 0 Å². The fraction of sp³-hybridized carbons (Fsp3) is 0.818. The molecule has 1 amide bonds. The Morgan fingerprint density at radius 2 is 1.68 bits per heavy atom. The van der Waals surface area contributed by atoms with Crippen molar-refractivity contribution in [1.29, 1.82) is 0 Å². The summed E-state index contributed by atoms with van der Waals surface area (Å²) in [6.07, 6.45) is -3.88. The first kappa shape index (κ1) is 14.1. The number of carbonyl (C=O) groups excluding carboxylic acids is 1. The molecule has 0 spiro atoms. The Balaban J connectivity index is 1.78. The average Bonchev–Trinajstić information content (AvgIpc) is 3.07. The molecule has 2 atom stereocenters. The van der Waals surface area contributed by atoms with Crippen molar-refractivity contribution in [2.24, 2.45) is 11.8 Å². The van der Waals surface area contributed by atoms with E-state index in [1.165, 1.54) is 9.80 Å². The number of aliphatic carboxylic acids is 1. The summed E-state index contributed by atoms with van der Waals surface area (Å²) in [6, 6.07) is 0. The third-order valence-electron chi connectivity index (χ3n) is 3.51. The quantitative estimate of drug-likeness (QED) is 0.813. The van der Waals surface area contributed by atoms with Crippen LogP contribution in [0.2, 0.25) is 0 Å². The first-order valence-electron chi connectivity index (χ1n) is 6.08. The van der Waals surface area contributed by atoms with Crippen molar-refractivity contribution >= 4 is 11.9 Å². The average molecular weight is 280 g/mol. The van der Waals surface area contributed by atoms with E-state index in [0.717, 1.165) is 0 Å². The minimum Gasteiger partial charge on any atom is -0.481 e. The van der Waals surface area contributed by atoms with Gasteiger partial charge in [0.2, 0.25) is 5.91 Å². The number of piperazine rings is 1. The van der Waals surface area contributed by atoms with Gasteiger partial charge >= 0.3 is 12.1 Å². The zero-order valence-electron chi connectivity index (χ0n) is 10.2. The molecule has 2 aliphatic rings. The molecule has 0 radical (unpaired) electrons. The number of hydrogen-bond acceptors (Lipinski definition) is 3. The number of rotatable bonds is 3. The van der Waals surface area contributed by atoms with Gasteiger partial charge in [-0.05, 0) is 6.42 Å². The highest BCUT2D eigenvalue weighted by Gasteiger charge is 2.50. The number of carboxylic acids is 1. The Kier molecular flexibility index (Phi) is 3.71. The lowest BCUT2D eigenvalue weighted by Crippen LogP contribution is -2.51. The van der Waals surface area contributed by atoms with Crippen LogP contribution in [-0.2, 0) is 9.59 Å². The van der Waals surface area contributed by atoms with Crippen LogP contribution in [0.15, 0.2) is 0 Å². The lowest BCUT2D eigenvalue weighted by molar-refractivity contribution is -0.153. The molecule has 1 saturated carbocycles. The van der Waals surface area contributed by atoms with E-state index >= 15 is 0 Å². The summed E-state index contributed by atoms with van der Waals surface area (Å²) in [5.74, 6) is -2.31.